The summed E-state index contributed by atoms with van der Waals surface area (Å²) in [5.74, 6) is -3.60. The summed E-state index contributed by atoms with van der Waals surface area (Å²) in [5.41, 5.74) is -1.45. The van der Waals surface area contributed by atoms with Crippen LogP contribution < -0.4 is 0 Å². The number of carboxylic acids is 1. The average molecular weight is 300 g/mol. The van der Waals surface area contributed by atoms with Crippen molar-refractivity contribution in [3.63, 3.8) is 0 Å². The molecule has 0 aromatic rings. The number of carbonyl (C=O) groups is 3. The Labute approximate surface area is 122 Å². The standard InChI is InChI=1S/C14H20O7/c1-9(2)7-20-11(15)5-14(19,13(17)18)6-12(16)21-8-10(3)4/h19H,1,3,5-8H2,2,4H3,(H,17,18). The van der Waals surface area contributed by atoms with Crippen molar-refractivity contribution in [3.8, 4) is 0 Å². The van der Waals surface area contributed by atoms with Crippen LogP contribution in [0.25, 0.3) is 0 Å². The second-order valence-electron chi connectivity index (χ2n) is 4.93. The third-order valence-electron chi connectivity index (χ3n) is 2.23. The van der Waals surface area contributed by atoms with E-state index >= 15 is 0 Å². The number of hydrogen-bond acceptors (Lipinski definition) is 6. The van der Waals surface area contributed by atoms with Crippen LogP contribution in [0, 0.1) is 0 Å². The summed E-state index contributed by atoms with van der Waals surface area (Å²) in [4.78, 5) is 34.0. The van der Waals surface area contributed by atoms with Gasteiger partial charge in [0.1, 0.15) is 13.2 Å². The molecule has 0 atom stereocenters. The normalized spacial score (nSPS) is 10.6. The Morgan fingerprint density at radius 1 is 0.952 bits per heavy atom. The third-order valence-corrected chi connectivity index (χ3v) is 2.23. The number of rotatable bonds is 9. The Morgan fingerprint density at radius 3 is 1.52 bits per heavy atom. The molecule has 21 heavy (non-hydrogen) atoms. The molecule has 0 amide bonds. The molecule has 0 saturated heterocycles. The van der Waals surface area contributed by atoms with E-state index in [0.29, 0.717) is 11.1 Å². The average Bonchev–Trinajstić information content (AvgIpc) is 2.33. The molecule has 118 valence electrons. The van der Waals surface area contributed by atoms with E-state index in [1.807, 2.05) is 0 Å². The molecule has 0 bridgehead atoms. The fourth-order valence-corrected chi connectivity index (χ4v) is 1.20. The fraction of sp³-hybridized carbons (Fsp3) is 0.500. The van der Waals surface area contributed by atoms with Crippen LogP contribution in [0.2, 0.25) is 0 Å². The highest BCUT2D eigenvalue weighted by Gasteiger charge is 2.42. The Morgan fingerprint density at radius 2 is 1.29 bits per heavy atom. The summed E-state index contributed by atoms with van der Waals surface area (Å²) in [6, 6.07) is 0. The molecule has 0 aliphatic rings. The number of carbonyl (C=O) groups excluding carboxylic acids is 2. The molecule has 7 heteroatoms. The van der Waals surface area contributed by atoms with Crippen molar-refractivity contribution < 1.29 is 34.1 Å². The molecule has 0 spiro atoms. The molecule has 0 aromatic carbocycles. The van der Waals surface area contributed by atoms with Crippen LogP contribution in [0.5, 0.6) is 0 Å². The molecular weight excluding hydrogens is 280 g/mol. The lowest BCUT2D eigenvalue weighted by atomic mass is 9.96. The number of aliphatic hydroxyl groups is 1. The Kier molecular flexibility index (Phi) is 7.37. The van der Waals surface area contributed by atoms with Gasteiger partial charge in [0.2, 0.25) is 0 Å². The maximum Gasteiger partial charge on any atom is 0.336 e. The van der Waals surface area contributed by atoms with Gasteiger partial charge in [-0.2, -0.15) is 0 Å². The minimum Gasteiger partial charge on any atom is -0.479 e. The van der Waals surface area contributed by atoms with Gasteiger partial charge in [-0.05, 0) is 25.0 Å². The smallest absolute Gasteiger partial charge is 0.336 e. The van der Waals surface area contributed by atoms with Crippen LogP contribution >= 0.6 is 0 Å². The van der Waals surface area contributed by atoms with Crippen molar-refractivity contribution in [3.05, 3.63) is 24.3 Å². The zero-order valence-corrected chi connectivity index (χ0v) is 12.2. The highest BCUT2D eigenvalue weighted by molar-refractivity contribution is 5.89. The highest BCUT2D eigenvalue weighted by Crippen LogP contribution is 2.18. The first-order valence-corrected chi connectivity index (χ1v) is 6.12. The predicted octanol–water partition coefficient (Wildman–Crippen LogP) is 0.821. The molecule has 0 radical (unpaired) electrons. The van der Waals surface area contributed by atoms with E-state index in [-0.39, 0.29) is 13.2 Å². The van der Waals surface area contributed by atoms with Gasteiger partial charge in [0.25, 0.3) is 0 Å². The van der Waals surface area contributed by atoms with Crippen LogP contribution in [-0.2, 0) is 23.9 Å². The quantitative estimate of drug-likeness (QED) is 0.479. The molecule has 0 rings (SSSR count). The lowest BCUT2D eigenvalue weighted by molar-refractivity contribution is -0.172. The molecule has 0 heterocycles. The van der Waals surface area contributed by atoms with Crippen LogP contribution in [-0.4, -0.2) is 46.9 Å². The van der Waals surface area contributed by atoms with Crippen molar-refractivity contribution in [1.82, 2.24) is 0 Å². The summed E-state index contributed by atoms with van der Waals surface area (Å²) < 4.78 is 9.40. The van der Waals surface area contributed by atoms with E-state index in [4.69, 9.17) is 14.6 Å². The van der Waals surface area contributed by atoms with Gasteiger partial charge in [-0.25, -0.2) is 4.79 Å². The van der Waals surface area contributed by atoms with Gasteiger partial charge in [0.15, 0.2) is 5.60 Å². The SMILES string of the molecule is C=C(C)COC(=O)CC(O)(CC(=O)OCC(=C)C)C(=O)O. The van der Waals surface area contributed by atoms with E-state index in [1.165, 1.54) is 0 Å². The molecule has 2 N–H and O–H groups in total. The van der Waals surface area contributed by atoms with Gasteiger partial charge < -0.3 is 19.7 Å². The van der Waals surface area contributed by atoms with E-state index < -0.39 is 36.4 Å². The first kappa shape index (κ1) is 18.9. The molecule has 0 aliphatic carbocycles. The van der Waals surface area contributed by atoms with Gasteiger partial charge >= 0.3 is 17.9 Å². The molecule has 0 fully saturated rings. The van der Waals surface area contributed by atoms with Gasteiger partial charge in [-0.3, -0.25) is 9.59 Å². The lowest BCUT2D eigenvalue weighted by Gasteiger charge is -2.21. The summed E-state index contributed by atoms with van der Waals surface area (Å²) in [5, 5.41) is 18.9. The van der Waals surface area contributed by atoms with Gasteiger partial charge in [0.05, 0.1) is 12.8 Å². The van der Waals surface area contributed by atoms with Crippen LogP contribution in [0.4, 0.5) is 0 Å². The van der Waals surface area contributed by atoms with Crippen molar-refractivity contribution in [2.45, 2.75) is 32.3 Å². The fourth-order valence-electron chi connectivity index (χ4n) is 1.20. The number of aliphatic carboxylic acids is 1. The third kappa shape index (κ3) is 7.88. The van der Waals surface area contributed by atoms with Gasteiger partial charge in [-0.15, -0.1) is 0 Å². The Bertz CT molecular complexity index is 418. The zero-order valence-electron chi connectivity index (χ0n) is 12.2. The maximum absolute atomic E-state index is 11.5. The molecule has 0 saturated carbocycles. The largest absolute Gasteiger partial charge is 0.479 e. The van der Waals surface area contributed by atoms with Crippen molar-refractivity contribution >= 4 is 17.9 Å². The number of carboxylic acid groups (broad SMARTS) is 1. The van der Waals surface area contributed by atoms with Crippen LogP contribution in [0.3, 0.4) is 0 Å². The first-order chi connectivity index (χ1) is 9.56. The summed E-state index contributed by atoms with van der Waals surface area (Å²) >= 11 is 0. The summed E-state index contributed by atoms with van der Waals surface area (Å²) in [6.07, 6.45) is -1.73. The van der Waals surface area contributed by atoms with E-state index in [0.717, 1.165) is 0 Å². The monoisotopic (exact) mass is 300 g/mol. The Hall–Kier alpha value is -2.15. The minimum atomic E-state index is -2.57. The van der Waals surface area contributed by atoms with E-state index in [9.17, 15) is 19.5 Å². The van der Waals surface area contributed by atoms with Crippen LogP contribution in [0.15, 0.2) is 24.3 Å². The molecular formula is C14H20O7. The minimum absolute atomic E-state index is 0.0887. The lowest BCUT2D eigenvalue weighted by Crippen LogP contribution is -2.43. The van der Waals surface area contributed by atoms with Gasteiger partial charge in [-0.1, -0.05) is 13.2 Å². The zero-order chi connectivity index (χ0) is 16.6. The summed E-state index contributed by atoms with van der Waals surface area (Å²) in [6.45, 7) is 10.1. The van der Waals surface area contributed by atoms with Gasteiger partial charge in [0, 0.05) is 0 Å². The second kappa shape index (κ2) is 8.21. The van der Waals surface area contributed by atoms with Crippen molar-refractivity contribution in [2.75, 3.05) is 13.2 Å². The van der Waals surface area contributed by atoms with E-state index in [1.54, 1.807) is 13.8 Å². The molecule has 0 unspecified atom stereocenters. The second-order valence-corrected chi connectivity index (χ2v) is 4.93. The summed E-state index contributed by atoms with van der Waals surface area (Å²) in [7, 11) is 0. The number of ether oxygens (including phenoxy) is 2. The first-order valence-electron chi connectivity index (χ1n) is 6.12. The van der Waals surface area contributed by atoms with Crippen LogP contribution in [0.1, 0.15) is 26.7 Å². The maximum atomic E-state index is 11.5. The number of esters is 2. The van der Waals surface area contributed by atoms with Crippen molar-refractivity contribution in [2.24, 2.45) is 0 Å². The van der Waals surface area contributed by atoms with Crippen molar-refractivity contribution in [1.29, 1.82) is 0 Å². The number of hydrogen-bond donors (Lipinski definition) is 2. The molecule has 7 nitrogen and oxygen atoms in total. The van der Waals surface area contributed by atoms with E-state index in [2.05, 4.69) is 13.2 Å². The highest BCUT2D eigenvalue weighted by atomic mass is 16.5. The molecule has 0 aromatic heterocycles. The topological polar surface area (TPSA) is 110 Å². The predicted molar refractivity (Wildman–Crippen MR) is 73.4 cm³/mol. The molecule has 0 aliphatic heterocycles. The Balaban J connectivity index is 4.65.